The van der Waals surface area contributed by atoms with E-state index in [2.05, 4.69) is 9.80 Å². The fourth-order valence-electron chi connectivity index (χ4n) is 7.11. The predicted octanol–water partition coefficient (Wildman–Crippen LogP) is 5.20. The number of phenols is 2. The molecule has 6 heteroatoms. The molecule has 216 valence electrons. The smallest absolute Gasteiger partial charge is 0.119 e. The summed E-state index contributed by atoms with van der Waals surface area (Å²) in [7, 11) is 8.14. The second kappa shape index (κ2) is 12.6. The van der Waals surface area contributed by atoms with Crippen LogP contribution in [0.4, 0.5) is 0 Å². The van der Waals surface area contributed by atoms with Crippen molar-refractivity contribution in [2.24, 2.45) is 0 Å². The first-order valence-corrected chi connectivity index (χ1v) is 14.9. The first-order valence-electron chi connectivity index (χ1n) is 14.9. The Morgan fingerprint density at radius 3 is 1.82 bits per heavy atom. The fraction of sp³-hybridized carbons (Fsp3) is 0.636. The van der Waals surface area contributed by atoms with Crippen molar-refractivity contribution in [1.29, 1.82) is 0 Å². The molecular weight excluding hydrogens is 488 g/mol. The van der Waals surface area contributed by atoms with E-state index < -0.39 is 11.2 Å². The van der Waals surface area contributed by atoms with Crippen molar-refractivity contribution in [3.05, 3.63) is 58.7 Å². The fourth-order valence-corrected chi connectivity index (χ4v) is 7.11. The number of hydrogen-bond acceptors (Lipinski definition) is 6. The molecule has 39 heavy (non-hydrogen) atoms. The molecule has 0 amide bonds. The van der Waals surface area contributed by atoms with E-state index in [0.717, 1.165) is 80.2 Å². The van der Waals surface area contributed by atoms with Crippen LogP contribution < -0.4 is 0 Å². The maximum absolute atomic E-state index is 11.7. The zero-order chi connectivity index (χ0) is 28.2. The van der Waals surface area contributed by atoms with E-state index in [-0.39, 0.29) is 23.5 Å². The van der Waals surface area contributed by atoms with Crippen molar-refractivity contribution in [2.45, 2.75) is 100 Å². The second-order valence-electron chi connectivity index (χ2n) is 12.9. The molecule has 0 aliphatic heterocycles. The number of hydrogen-bond donors (Lipinski definition) is 4. The van der Waals surface area contributed by atoms with E-state index >= 15 is 0 Å². The van der Waals surface area contributed by atoms with Crippen molar-refractivity contribution in [3.8, 4) is 11.5 Å². The summed E-state index contributed by atoms with van der Waals surface area (Å²) < 4.78 is 0. The molecule has 0 spiro atoms. The number of phenolic OH excluding ortho intramolecular Hbond substituents is 2. The number of benzene rings is 2. The van der Waals surface area contributed by atoms with Crippen LogP contribution in [-0.2, 0) is 12.8 Å². The molecule has 2 unspecified atom stereocenters. The zero-order valence-electron chi connectivity index (χ0n) is 24.5. The van der Waals surface area contributed by atoms with Crippen LogP contribution in [0.2, 0.25) is 0 Å². The molecule has 4 N–H and O–H groups in total. The summed E-state index contributed by atoms with van der Waals surface area (Å²) >= 11 is 0. The minimum Gasteiger partial charge on any atom is -0.508 e. The largest absolute Gasteiger partial charge is 0.508 e. The zero-order valence-corrected chi connectivity index (χ0v) is 24.5. The Hall–Kier alpha value is -2.12. The third kappa shape index (κ3) is 7.15. The summed E-state index contributed by atoms with van der Waals surface area (Å²) in [6.45, 7) is 0.732. The number of rotatable bonds is 10. The van der Waals surface area contributed by atoms with Crippen LogP contribution in [0.1, 0.15) is 92.4 Å². The Balaban J connectivity index is 1.60. The van der Waals surface area contributed by atoms with Gasteiger partial charge >= 0.3 is 0 Å². The molecule has 6 nitrogen and oxygen atoms in total. The van der Waals surface area contributed by atoms with Crippen molar-refractivity contribution < 1.29 is 20.4 Å². The van der Waals surface area contributed by atoms with E-state index in [9.17, 15) is 20.4 Å². The van der Waals surface area contributed by atoms with E-state index in [1.165, 1.54) is 12.8 Å². The second-order valence-corrected chi connectivity index (χ2v) is 12.9. The minimum atomic E-state index is -0.751. The average molecular weight is 539 g/mol. The number of aliphatic hydroxyl groups is 2. The molecule has 0 bridgehead atoms. The molecule has 0 saturated heterocycles. The van der Waals surface area contributed by atoms with Crippen molar-refractivity contribution in [2.75, 3.05) is 34.7 Å². The number of likely N-dealkylation sites (N-methyl/N-ethyl adjacent to an activating group) is 2. The van der Waals surface area contributed by atoms with Crippen molar-refractivity contribution in [3.63, 3.8) is 0 Å². The van der Waals surface area contributed by atoms with Crippen LogP contribution >= 0.6 is 0 Å². The molecule has 4 rings (SSSR count). The highest BCUT2D eigenvalue weighted by Gasteiger charge is 2.40. The third-order valence-corrected chi connectivity index (χ3v) is 9.34. The average Bonchev–Trinajstić information content (AvgIpc) is 2.89. The lowest BCUT2D eigenvalue weighted by molar-refractivity contribution is -0.0601. The molecule has 2 aliphatic rings. The molecule has 2 aromatic carbocycles. The molecule has 0 radical (unpaired) electrons. The lowest BCUT2D eigenvalue weighted by Gasteiger charge is -2.42. The topological polar surface area (TPSA) is 87.4 Å². The third-order valence-electron chi connectivity index (χ3n) is 9.34. The van der Waals surface area contributed by atoms with Gasteiger partial charge in [-0.2, -0.15) is 0 Å². The summed E-state index contributed by atoms with van der Waals surface area (Å²) in [6.07, 6.45) is 10.9. The van der Waals surface area contributed by atoms with E-state index in [1.54, 1.807) is 12.1 Å². The summed E-state index contributed by atoms with van der Waals surface area (Å²) in [4.78, 5) is 4.26. The normalized spacial score (nSPS) is 20.7. The Bertz CT molecular complexity index is 1090. The van der Waals surface area contributed by atoms with Gasteiger partial charge in [-0.3, -0.25) is 0 Å². The van der Waals surface area contributed by atoms with Gasteiger partial charge in [-0.1, -0.05) is 62.8 Å². The standard InChI is InChI=1S/C33H50N2O4/c1-34(2)23-28(32(38)15-7-5-8-16-32)25-12-14-30(37)27(21-25)22-26-19-24(11-13-29(26)36)20-31(35(3)4)33(39)17-9-6-10-18-33/h11-14,19,21,28,31,36-39H,5-10,15-18,20,22-23H2,1-4H3. The van der Waals surface area contributed by atoms with Gasteiger partial charge in [-0.15, -0.1) is 0 Å². The Labute approximate surface area is 235 Å². The lowest BCUT2D eigenvalue weighted by atomic mass is 9.72. The molecule has 2 aromatic rings. The highest BCUT2D eigenvalue weighted by molar-refractivity contribution is 5.46. The summed E-state index contributed by atoms with van der Waals surface area (Å²) in [5.74, 6) is 0.353. The van der Waals surface area contributed by atoms with Gasteiger partial charge in [0.2, 0.25) is 0 Å². The SMILES string of the molecule is CN(C)CC(c1ccc(O)c(Cc2cc(CC(N(C)C)C3(O)CCCCC3)ccc2O)c1)C1(O)CCCCC1. The van der Waals surface area contributed by atoms with Crippen molar-refractivity contribution >= 4 is 0 Å². The Morgan fingerprint density at radius 2 is 1.26 bits per heavy atom. The Morgan fingerprint density at radius 1 is 0.718 bits per heavy atom. The number of nitrogens with zero attached hydrogens (tertiary/aromatic N) is 2. The van der Waals surface area contributed by atoms with Crippen LogP contribution in [0.25, 0.3) is 0 Å². The van der Waals surface area contributed by atoms with Crippen LogP contribution in [-0.4, -0.2) is 82.2 Å². The van der Waals surface area contributed by atoms with Gasteiger partial charge < -0.3 is 30.2 Å². The van der Waals surface area contributed by atoms with E-state index in [4.69, 9.17) is 0 Å². The first kappa shape index (κ1) is 29.9. The van der Waals surface area contributed by atoms with Gasteiger partial charge in [0, 0.05) is 24.9 Å². The van der Waals surface area contributed by atoms with Crippen molar-refractivity contribution in [1.82, 2.24) is 9.80 Å². The lowest BCUT2D eigenvalue weighted by Crippen LogP contribution is -2.52. The molecule has 2 fully saturated rings. The van der Waals surface area contributed by atoms with E-state index in [0.29, 0.717) is 12.8 Å². The van der Waals surface area contributed by atoms with Crippen LogP contribution in [0, 0.1) is 0 Å². The Kier molecular flexibility index (Phi) is 9.64. The van der Waals surface area contributed by atoms with Gasteiger partial charge in [0.25, 0.3) is 0 Å². The van der Waals surface area contributed by atoms with Crippen LogP contribution in [0.5, 0.6) is 11.5 Å². The number of aromatic hydroxyl groups is 2. The highest BCUT2D eigenvalue weighted by Crippen LogP contribution is 2.42. The van der Waals surface area contributed by atoms with E-state index in [1.807, 2.05) is 52.5 Å². The van der Waals surface area contributed by atoms with Gasteiger partial charge in [-0.05, 0) is 94.7 Å². The summed E-state index contributed by atoms with van der Waals surface area (Å²) in [5.41, 5.74) is 2.15. The minimum absolute atomic E-state index is 0.00467. The first-order chi connectivity index (χ1) is 18.5. The molecular formula is C33H50N2O4. The summed E-state index contributed by atoms with van der Waals surface area (Å²) in [5, 5.41) is 44.8. The quantitative estimate of drug-likeness (QED) is 0.333. The molecule has 2 aliphatic carbocycles. The predicted molar refractivity (Wildman–Crippen MR) is 158 cm³/mol. The van der Waals surface area contributed by atoms with Gasteiger partial charge in [0.05, 0.1) is 11.2 Å². The van der Waals surface area contributed by atoms with Gasteiger partial charge in [0.1, 0.15) is 11.5 Å². The molecule has 0 aromatic heterocycles. The summed E-state index contributed by atoms with van der Waals surface area (Å²) in [6, 6.07) is 11.4. The highest BCUT2D eigenvalue weighted by atomic mass is 16.3. The van der Waals surface area contributed by atoms with Crippen LogP contribution in [0.15, 0.2) is 36.4 Å². The monoisotopic (exact) mass is 538 g/mol. The van der Waals surface area contributed by atoms with Gasteiger partial charge in [-0.25, -0.2) is 0 Å². The van der Waals surface area contributed by atoms with Gasteiger partial charge in [0.15, 0.2) is 0 Å². The molecule has 2 atom stereocenters. The maximum Gasteiger partial charge on any atom is 0.119 e. The molecule has 2 saturated carbocycles. The maximum atomic E-state index is 11.7. The van der Waals surface area contributed by atoms with Crippen LogP contribution in [0.3, 0.4) is 0 Å². The molecule has 0 heterocycles.